The molecule has 0 aliphatic carbocycles. The van der Waals surface area contributed by atoms with Crippen LogP contribution in [0.1, 0.15) is 37.8 Å². The highest BCUT2D eigenvalue weighted by Crippen LogP contribution is 2.26. The highest BCUT2D eigenvalue weighted by molar-refractivity contribution is 6.16. The lowest BCUT2D eigenvalue weighted by molar-refractivity contribution is -0.129. The van der Waals surface area contributed by atoms with E-state index < -0.39 is 11.6 Å². The van der Waals surface area contributed by atoms with Crippen molar-refractivity contribution in [2.24, 2.45) is 0 Å². The summed E-state index contributed by atoms with van der Waals surface area (Å²) in [6.07, 6.45) is 1.33. The quantitative estimate of drug-likeness (QED) is 0.847. The number of carbonyl (C=O) groups excluding carboxylic acids is 2. The van der Waals surface area contributed by atoms with Crippen LogP contribution in [0.4, 0.5) is 20.2 Å². The average Bonchev–Trinajstić information content (AvgIpc) is 2.56. The minimum Gasteiger partial charge on any atom is -0.378 e. The molecule has 1 aliphatic heterocycles. The molecule has 1 aliphatic rings. The van der Waals surface area contributed by atoms with E-state index in [2.05, 4.69) is 5.32 Å². The molecule has 1 heterocycles. The molecule has 0 saturated carbocycles. The van der Waals surface area contributed by atoms with E-state index >= 15 is 0 Å². The van der Waals surface area contributed by atoms with Gasteiger partial charge >= 0.3 is 0 Å². The van der Waals surface area contributed by atoms with Crippen LogP contribution in [0, 0.1) is 11.6 Å². The summed E-state index contributed by atoms with van der Waals surface area (Å²) in [5, 5.41) is 3.12. The molecule has 130 valence electrons. The Labute approximate surface area is 144 Å². The number of amides is 2. The highest BCUT2D eigenvalue weighted by Gasteiger charge is 2.27. The number of benzene rings is 2. The van der Waals surface area contributed by atoms with Crippen molar-refractivity contribution in [2.45, 2.75) is 32.2 Å². The van der Waals surface area contributed by atoms with Gasteiger partial charge < -0.3 is 5.32 Å². The molecule has 4 nitrogen and oxygen atoms in total. The zero-order valence-electron chi connectivity index (χ0n) is 13.8. The van der Waals surface area contributed by atoms with E-state index in [1.165, 1.54) is 17.0 Å². The van der Waals surface area contributed by atoms with Crippen LogP contribution in [0.25, 0.3) is 0 Å². The SMILES string of the molecule is C[C@H](Nc1ccc(N2C(=O)CCCC2=O)cc1)c1ccc(F)cc1F. The summed E-state index contributed by atoms with van der Waals surface area (Å²) >= 11 is 0. The molecule has 0 radical (unpaired) electrons. The van der Waals surface area contributed by atoms with Crippen LogP contribution in [-0.4, -0.2) is 11.8 Å². The normalized spacial score (nSPS) is 16.0. The molecular weight excluding hydrogens is 326 g/mol. The molecule has 2 aromatic carbocycles. The number of imide groups is 1. The summed E-state index contributed by atoms with van der Waals surface area (Å²) in [4.78, 5) is 25.1. The Hall–Kier alpha value is -2.76. The number of nitrogens with one attached hydrogen (secondary N) is 1. The zero-order valence-corrected chi connectivity index (χ0v) is 13.8. The van der Waals surface area contributed by atoms with Gasteiger partial charge in [0, 0.05) is 30.2 Å². The molecule has 1 atom stereocenters. The van der Waals surface area contributed by atoms with Gasteiger partial charge in [0.2, 0.25) is 11.8 Å². The van der Waals surface area contributed by atoms with Crippen molar-refractivity contribution in [3.05, 3.63) is 59.7 Å². The number of hydrogen-bond donors (Lipinski definition) is 1. The van der Waals surface area contributed by atoms with Gasteiger partial charge in [-0.15, -0.1) is 0 Å². The van der Waals surface area contributed by atoms with E-state index in [-0.39, 0.29) is 17.9 Å². The van der Waals surface area contributed by atoms with Crippen molar-refractivity contribution >= 4 is 23.2 Å². The van der Waals surface area contributed by atoms with E-state index in [0.29, 0.717) is 36.2 Å². The van der Waals surface area contributed by atoms with Crippen molar-refractivity contribution in [3.8, 4) is 0 Å². The molecule has 1 fully saturated rings. The van der Waals surface area contributed by atoms with Crippen LogP contribution in [0.2, 0.25) is 0 Å². The number of nitrogens with zero attached hydrogens (tertiary/aromatic N) is 1. The van der Waals surface area contributed by atoms with Crippen LogP contribution in [0.5, 0.6) is 0 Å². The van der Waals surface area contributed by atoms with E-state index in [9.17, 15) is 18.4 Å². The second-order valence-corrected chi connectivity index (χ2v) is 6.06. The summed E-state index contributed by atoms with van der Waals surface area (Å²) in [7, 11) is 0. The Morgan fingerprint density at radius 3 is 2.24 bits per heavy atom. The number of anilines is 2. The maximum Gasteiger partial charge on any atom is 0.233 e. The molecule has 0 unspecified atom stereocenters. The number of piperidine rings is 1. The van der Waals surface area contributed by atoms with Gasteiger partial charge in [-0.25, -0.2) is 8.78 Å². The summed E-state index contributed by atoms with van der Waals surface area (Å²) in [5.41, 5.74) is 1.59. The first-order valence-corrected chi connectivity index (χ1v) is 8.13. The van der Waals surface area contributed by atoms with Crippen molar-refractivity contribution in [1.29, 1.82) is 0 Å². The Morgan fingerprint density at radius 2 is 1.64 bits per heavy atom. The topological polar surface area (TPSA) is 49.4 Å². The molecule has 3 rings (SSSR count). The fraction of sp³-hybridized carbons (Fsp3) is 0.263. The van der Waals surface area contributed by atoms with Crippen LogP contribution in [-0.2, 0) is 9.59 Å². The van der Waals surface area contributed by atoms with Gasteiger partial charge in [-0.1, -0.05) is 6.07 Å². The first kappa shape index (κ1) is 17.1. The Balaban J connectivity index is 1.74. The second-order valence-electron chi connectivity index (χ2n) is 6.06. The van der Waals surface area contributed by atoms with Crippen LogP contribution < -0.4 is 10.2 Å². The minimum atomic E-state index is -0.617. The smallest absolute Gasteiger partial charge is 0.233 e. The predicted molar refractivity (Wildman–Crippen MR) is 91.2 cm³/mol. The third-order valence-electron chi connectivity index (χ3n) is 4.22. The molecule has 1 N–H and O–H groups in total. The summed E-state index contributed by atoms with van der Waals surface area (Å²) in [6.45, 7) is 1.77. The fourth-order valence-corrected chi connectivity index (χ4v) is 2.93. The molecule has 2 aromatic rings. The third kappa shape index (κ3) is 3.68. The Bertz CT molecular complexity index is 790. The largest absolute Gasteiger partial charge is 0.378 e. The van der Waals surface area contributed by atoms with Crippen molar-refractivity contribution in [3.63, 3.8) is 0 Å². The van der Waals surface area contributed by atoms with Crippen LogP contribution >= 0.6 is 0 Å². The molecule has 6 heteroatoms. The summed E-state index contributed by atoms with van der Waals surface area (Å²) in [5.74, 6) is -1.62. The predicted octanol–water partition coefficient (Wildman–Crippen LogP) is 4.18. The Kier molecular flexibility index (Phi) is 4.79. The van der Waals surface area contributed by atoms with Gasteiger partial charge in [0.15, 0.2) is 0 Å². The van der Waals surface area contributed by atoms with Gasteiger partial charge in [0.25, 0.3) is 0 Å². The maximum absolute atomic E-state index is 13.8. The van der Waals surface area contributed by atoms with Crippen molar-refractivity contribution in [2.75, 3.05) is 10.2 Å². The van der Waals surface area contributed by atoms with Crippen LogP contribution in [0.15, 0.2) is 42.5 Å². The van der Waals surface area contributed by atoms with Gasteiger partial charge in [-0.05, 0) is 43.7 Å². The van der Waals surface area contributed by atoms with Gasteiger partial charge in [0.1, 0.15) is 11.6 Å². The number of halogens is 2. The first-order valence-electron chi connectivity index (χ1n) is 8.13. The van der Waals surface area contributed by atoms with E-state index in [1.807, 2.05) is 0 Å². The second kappa shape index (κ2) is 7.01. The molecule has 0 spiro atoms. The minimum absolute atomic E-state index is 0.196. The summed E-state index contributed by atoms with van der Waals surface area (Å²) in [6, 6.07) is 9.91. The molecule has 0 aromatic heterocycles. The number of carbonyl (C=O) groups is 2. The van der Waals surface area contributed by atoms with Gasteiger partial charge in [-0.3, -0.25) is 14.5 Å². The number of rotatable bonds is 4. The maximum atomic E-state index is 13.8. The monoisotopic (exact) mass is 344 g/mol. The van der Waals surface area contributed by atoms with E-state index in [1.54, 1.807) is 31.2 Å². The van der Waals surface area contributed by atoms with Gasteiger partial charge in [-0.2, -0.15) is 0 Å². The lowest BCUT2D eigenvalue weighted by atomic mass is 10.1. The molecule has 1 saturated heterocycles. The van der Waals surface area contributed by atoms with Gasteiger partial charge in [0.05, 0.1) is 11.7 Å². The zero-order chi connectivity index (χ0) is 18.0. The third-order valence-corrected chi connectivity index (χ3v) is 4.22. The molecule has 0 bridgehead atoms. The van der Waals surface area contributed by atoms with E-state index in [0.717, 1.165) is 6.07 Å². The lowest BCUT2D eigenvalue weighted by Crippen LogP contribution is -2.40. The molecule has 2 amide bonds. The average molecular weight is 344 g/mol. The highest BCUT2D eigenvalue weighted by atomic mass is 19.1. The van der Waals surface area contributed by atoms with Crippen molar-refractivity contribution in [1.82, 2.24) is 0 Å². The first-order chi connectivity index (χ1) is 12.0. The van der Waals surface area contributed by atoms with Crippen molar-refractivity contribution < 1.29 is 18.4 Å². The van der Waals surface area contributed by atoms with Crippen LogP contribution in [0.3, 0.4) is 0 Å². The lowest BCUT2D eigenvalue weighted by Gasteiger charge is -2.25. The number of hydrogen-bond acceptors (Lipinski definition) is 3. The molecule has 25 heavy (non-hydrogen) atoms. The Morgan fingerprint density at radius 1 is 1.00 bits per heavy atom. The van der Waals surface area contributed by atoms with E-state index in [4.69, 9.17) is 0 Å². The fourth-order valence-electron chi connectivity index (χ4n) is 2.93. The summed E-state index contributed by atoms with van der Waals surface area (Å²) < 4.78 is 26.8. The molecular formula is C19H18F2N2O2. The standard InChI is InChI=1S/C19H18F2N2O2/c1-12(16-10-5-13(20)11-17(16)21)22-14-6-8-15(9-7-14)23-18(24)3-2-4-19(23)25/h5-12,22H,2-4H2,1H3/t12-/m0/s1.